The number of amides is 1. The Kier molecular flexibility index (Phi) is 5.96. The normalized spacial score (nSPS) is 20.7. The Bertz CT molecular complexity index is 796. The lowest BCUT2D eigenvalue weighted by Crippen LogP contribution is -2.40. The van der Waals surface area contributed by atoms with Crippen molar-refractivity contribution in [2.24, 2.45) is 5.73 Å². The van der Waals surface area contributed by atoms with Crippen molar-refractivity contribution in [3.05, 3.63) is 59.7 Å². The summed E-state index contributed by atoms with van der Waals surface area (Å²) in [5.41, 5.74) is 5.68. The standard InChI is InChI=1S/C19H19F3N2O2S/c20-19(21,22)13-2-1-3-16(10-13)26-15-6-4-12(5-7-15)17-18(25)24-14(11-23)8-9-27-17/h1-7,10,14,17H,8-9,11,23H2,(H,24,25)/t14-,17+/m0/s1. The van der Waals surface area contributed by atoms with Crippen LogP contribution in [-0.4, -0.2) is 24.2 Å². The van der Waals surface area contributed by atoms with Crippen LogP contribution in [0.3, 0.4) is 0 Å². The van der Waals surface area contributed by atoms with Gasteiger partial charge in [0.2, 0.25) is 5.91 Å². The summed E-state index contributed by atoms with van der Waals surface area (Å²) in [6, 6.07) is 11.5. The summed E-state index contributed by atoms with van der Waals surface area (Å²) < 4.78 is 43.9. The van der Waals surface area contributed by atoms with Crippen LogP contribution in [0.5, 0.6) is 11.5 Å². The average Bonchev–Trinajstić information content (AvgIpc) is 2.83. The molecule has 144 valence electrons. The number of benzene rings is 2. The lowest BCUT2D eigenvalue weighted by atomic mass is 10.1. The third kappa shape index (κ3) is 4.95. The van der Waals surface area contributed by atoms with Gasteiger partial charge in [0.15, 0.2) is 0 Å². The summed E-state index contributed by atoms with van der Waals surface area (Å²) in [5, 5.41) is 2.59. The molecule has 1 aliphatic heterocycles. The smallest absolute Gasteiger partial charge is 0.416 e. The highest BCUT2D eigenvalue weighted by Crippen LogP contribution is 2.35. The number of carbonyl (C=O) groups excluding carboxylic acids is 1. The molecule has 2 atom stereocenters. The largest absolute Gasteiger partial charge is 0.457 e. The zero-order valence-electron chi connectivity index (χ0n) is 14.3. The molecule has 3 rings (SSSR count). The van der Waals surface area contributed by atoms with Crippen molar-refractivity contribution in [1.82, 2.24) is 5.32 Å². The van der Waals surface area contributed by atoms with E-state index < -0.39 is 11.7 Å². The van der Waals surface area contributed by atoms with Crippen LogP contribution in [-0.2, 0) is 11.0 Å². The molecule has 8 heteroatoms. The van der Waals surface area contributed by atoms with Gasteiger partial charge in [-0.3, -0.25) is 4.79 Å². The average molecular weight is 396 g/mol. The maximum atomic E-state index is 12.8. The van der Waals surface area contributed by atoms with Crippen molar-refractivity contribution in [1.29, 1.82) is 0 Å². The number of thioether (sulfide) groups is 1. The van der Waals surface area contributed by atoms with E-state index >= 15 is 0 Å². The molecule has 0 bridgehead atoms. The molecule has 0 aromatic heterocycles. The van der Waals surface area contributed by atoms with Crippen molar-refractivity contribution in [2.75, 3.05) is 12.3 Å². The van der Waals surface area contributed by atoms with Crippen molar-refractivity contribution in [2.45, 2.75) is 23.9 Å². The van der Waals surface area contributed by atoms with Gasteiger partial charge in [0.05, 0.1) is 5.56 Å². The van der Waals surface area contributed by atoms with E-state index in [1.165, 1.54) is 12.1 Å². The van der Waals surface area contributed by atoms with Gasteiger partial charge in [0.25, 0.3) is 0 Å². The molecule has 0 aliphatic carbocycles. The minimum Gasteiger partial charge on any atom is -0.457 e. The number of nitrogens with one attached hydrogen (secondary N) is 1. The molecule has 2 aromatic carbocycles. The van der Waals surface area contributed by atoms with Crippen LogP contribution >= 0.6 is 11.8 Å². The first-order valence-corrected chi connectivity index (χ1v) is 9.49. The third-order valence-corrected chi connectivity index (χ3v) is 5.49. The number of nitrogens with two attached hydrogens (primary N) is 1. The molecule has 0 saturated carbocycles. The van der Waals surface area contributed by atoms with Crippen LogP contribution in [0.1, 0.15) is 22.8 Å². The number of hydrogen-bond acceptors (Lipinski definition) is 4. The fourth-order valence-corrected chi connectivity index (χ4v) is 3.99. The third-order valence-electron chi connectivity index (χ3n) is 4.20. The van der Waals surface area contributed by atoms with Gasteiger partial charge in [0.1, 0.15) is 16.7 Å². The number of hydrogen-bond donors (Lipinski definition) is 2. The van der Waals surface area contributed by atoms with Gasteiger partial charge in [-0.1, -0.05) is 18.2 Å². The number of halogens is 3. The van der Waals surface area contributed by atoms with E-state index in [-0.39, 0.29) is 22.9 Å². The number of ether oxygens (including phenoxy) is 1. The quantitative estimate of drug-likeness (QED) is 0.816. The van der Waals surface area contributed by atoms with Gasteiger partial charge >= 0.3 is 6.18 Å². The second-order valence-electron chi connectivity index (χ2n) is 6.18. The van der Waals surface area contributed by atoms with Gasteiger partial charge in [-0.2, -0.15) is 13.2 Å². The van der Waals surface area contributed by atoms with Gasteiger partial charge in [0, 0.05) is 12.6 Å². The van der Waals surface area contributed by atoms with Crippen LogP contribution in [0.2, 0.25) is 0 Å². The first-order valence-electron chi connectivity index (χ1n) is 8.44. The van der Waals surface area contributed by atoms with Crippen molar-refractivity contribution < 1.29 is 22.7 Å². The van der Waals surface area contributed by atoms with E-state index in [0.717, 1.165) is 29.9 Å². The Balaban J connectivity index is 1.71. The SMILES string of the molecule is NC[C@@H]1CCS[C@H](c2ccc(Oc3cccc(C(F)(F)F)c3)cc2)C(=O)N1. The van der Waals surface area contributed by atoms with Gasteiger partial charge in [-0.25, -0.2) is 0 Å². The molecule has 1 fully saturated rings. The first kappa shape index (κ1) is 19.6. The fourth-order valence-electron chi connectivity index (χ4n) is 2.76. The lowest BCUT2D eigenvalue weighted by molar-refractivity contribution is -0.137. The zero-order valence-corrected chi connectivity index (χ0v) is 15.1. The Morgan fingerprint density at radius 3 is 2.56 bits per heavy atom. The maximum absolute atomic E-state index is 12.8. The first-order chi connectivity index (χ1) is 12.9. The second-order valence-corrected chi connectivity index (χ2v) is 7.39. The molecule has 1 saturated heterocycles. The van der Waals surface area contributed by atoms with Gasteiger partial charge < -0.3 is 15.8 Å². The summed E-state index contributed by atoms with van der Waals surface area (Å²) >= 11 is 1.55. The van der Waals surface area contributed by atoms with Crippen LogP contribution in [0.25, 0.3) is 0 Å². The molecule has 0 radical (unpaired) electrons. The highest BCUT2D eigenvalue weighted by Gasteiger charge is 2.30. The monoisotopic (exact) mass is 396 g/mol. The minimum absolute atomic E-state index is 0.0153. The summed E-state index contributed by atoms with van der Waals surface area (Å²) in [6.45, 7) is 0.406. The maximum Gasteiger partial charge on any atom is 0.416 e. The van der Waals surface area contributed by atoms with Crippen LogP contribution < -0.4 is 15.8 Å². The molecule has 27 heavy (non-hydrogen) atoms. The highest BCUT2D eigenvalue weighted by atomic mass is 32.2. The van der Waals surface area contributed by atoms with E-state index in [1.54, 1.807) is 36.0 Å². The molecule has 2 aromatic rings. The summed E-state index contributed by atoms with van der Waals surface area (Å²) in [5.74, 6) is 1.23. The highest BCUT2D eigenvalue weighted by molar-refractivity contribution is 8.00. The number of alkyl halides is 3. The molecule has 0 spiro atoms. The Labute approximate surface area is 159 Å². The Morgan fingerprint density at radius 2 is 1.89 bits per heavy atom. The van der Waals surface area contributed by atoms with Crippen LogP contribution in [0.4, 0.5) is 13.2 Å². The predicted molar refractivity (Wildman–Crippen MR) is 98.8 cm³/mol. The van der Waals surface area contributed by atoms with E-state index in [1.807, 2.05) is 0 Å². The molecule has 3 N–H and O–H groups in total. The van der Waals surface area contributed by atoms with E-state index in [4.69, 9.17) is 10.5 Å². The molecule has 1 heterocycles. The van der Waals surface area contributed by atoms with Gasteiger partial charge in [-0.15, -0.1) is 11.8 Å². The molecule has 4 nitrogen and oxygen atoms in total. The zero-order chi connectivity index (χ0) is 19.4. The van der Waals surface area contributed by atoms with Crippen LogP contribution in [0, 0.1) is 0 Å². The van der Waals surface area contributed by atoms with E-state index in [0.29, 0.717) is 12.3 Å². The summed E-state index contributed by atoms with van der Waals surface area (Å²) in [6.07, 6.45) is -3.60. The predicted octanol–water partition coefficient (Wildman–Crippen LogP) is 4.12. The second kappa shape index (κ2) is 8.22. The number of carbonyl (C=O) groups is 1. The minimum atomic E-state index is -4.42. The topological polar surface area (TPSA) is 64.3 Å². The van der Waals surface area contributed by atoms with Crippen molar-refractivity contribution in [3.63, 3.8) is 0 Å². The van der Waals surface area contributed by atoms with Crippen molar-refractivity contribution >= 4 is 17.7 Å². The lowest BCUT2D eigenvalue weighted by Gasteiger charge is -2.16. The van der Waals surface area contributed by atoms with Crippen LogP contribution in [0.15, 0.2) is 48.5 Å². The Hall–Kier alpha value is -2.19. The summed E-state index contributed by atoms with van der Waals surface area (Å²) in [7, 11) is 0. The molecular weight excluding hydrogens is 377 g/mol. The molecular formula is C19H19F3N2O2S. The Morgan fingerprint density at radius 1 is 1.15 bits per heavy atom. The fraction of sp³-hybridized carbons (Fsp3) is 0.316. The van der Waals surface area contributed by atoms with Crippen molar-refractivity contribution in [3.8, 4) is 11.5 Å². The molecule has 1 aliphatic rings. The van der Waals surface area contributed by atoms with E-state index in [9.17, 15) is 18.0 Å². The van der Waals surface area contributed by atoms with E-state index in [2.05, 4.69) is 5.32 Å². The molecule has 1 amide bonds. The summed E-state index contributed by atoms with van der Waals surface area (Å²) in [4.78, 5) is 12.4. The van der Waals surface area contributed by atoms with Gasteiger partial charge in [-0.05, 0) is 48.1 Å². The molecule has 0 unspecified atom stereocenters. The number of rotatable bonds is 4.